The maximum atomic E-state index is 5.17. The topological polar surface area (TPSA) is 94.6 Å². The lowest BCUT2D eigenvalue weighted by atomic mass is 10.3. The van der Waals surface area contributed by atoms with Crippen molar-refractivity contribution in [1.29, 1.82) is 0 Å². The summed E-state index contributed by atoms with van der Waals surface area (Å²) in [6, 6.07) is 0. The van der Waals surface area contributed by atoms with Crippen molar-refractivity contribution < 1.29 is 0 Å². The maximum Gasteiger partial charge on any atom is 0.211 e. The number of guanidine groups is 1. The van der Waals surface area contributed by atoms with Crippen LogP contribution >= 0.6 is 24.2 Å². The number of imidazole rings is 1. The van der Waals surface area contributed by atoms with Crippen LogP contribution in [0.1, 0.15) is 11.4 Å². The van der Waals surface area contributed by atoms with Crippen LogP contribution in [0.15, 0.2) is 15.4 Å². The molecule has 0 bridgehead atoms. The Morgan fingerprint density at radius 2 is 2.31 bits per heavy atom. The van der Waals surface area contributed by atoms with Crippen LogP contribution in [0.2, 0.25) is 0 Å². The summed E-state index contributed by atoms with van der Waals surface area (Å²) in [5, 5.41) is 8.39. The monoisotopic (exact) mass is 260 g/mol. The first-order valence-corrected chi connectivity index (χ1v) is 5.49. The molecule has 2 rings (SSSR count). The molecule has 2 heterocycles. The fraction of sp³-hybridized carbons (Fsp3) is 0.375. The van der Waals surface area contributed by atoms with Gasteiger partial charge in [0.05, 0.1) is 17.6 Å². The summed E-state index contributed by atoms with van der Waals surface area (Å²) >= 11 is 1.75. The third kappa shape index (κ3) is 2.48. The summed E-state index contributed by atoms with van der Waals surface area (Å²) in [7, 11) is 0. The first-order chi connectivity index (χ1) is 7.18. The second kappa shape index (κ2) is 5.22. The van der Waals surface area contributed by atoms with E-state index in [1.165, 1.54) is 0 Å². The van der Waals surface area contributed by atoms with Crippen LogP contribution in [-0.2, 0) is 6.54 Å². The van der Waals surface area contributed by atoms with E-state index in [9.17, 15) is 0 Å². The quantitative estimate of drug-likeness (QED) is 0.455. The molecule has 0 unspecified atom stereocenters. The smallest absolute Gasteiger partial charge is 0.211 e. The SMILES string of the molecule is Cc1nc2n(c1/C=N/N=C(N)N)CCS2.Cl. The highest BCUT2D eigenvalue weighted by Gasteiger charge is 2.18. The predicted molar refractivity (Wildman–Crippen MR) is 68.3 cm³/mol. The van der Waals surface area contributed by atoms with Gasteiger partial charge in [0.1, 0.15) is 0 Å². The molecular weight excluding hydrogens is 248 g/mol. The van der Waals surface area contributed by atoms with Gasteiger partial charge in [-0.1, -0.05) is 11.8 Å². The maximum absolute atomic E-state index is 5.17. The molecule has 1 aliphatic heterocycles. The second-order valence-electron chi connectivity index (χ2n) is 3.13. The number of nitrogens with two attached hydrogens (primary N) is 2. The molecule has 0 aliphatic carbocycles. The van der Waals surface area contributed by atoms with Gasteiger partial charge in [0.15, 0.2) is 5.16 Å². The molecule has 1 aliphatic rings. The molecule has 1 aromatic rings. The first-order valence-electron chi connectivity index (χ1n) is 4.50. The predicted octanol–water partition coefficient (Wildman–Crippen LogP) is 0.326. The number of aromatic nitrogens is 2. The molecule has 6 nitrogen and oxygen atoms in total. The zero-order chi connectivity index (χ0) is 10.8. The highest BCUT2D eigenvalue weighted by molar-refractivity contribution is 7.99. The average Bonchev–Trinajstić information content (AvgIpc) is 2.68. The summed E-state index contributed by atoms with van der Waals surface area (Å²) in [4.78, 5) is 4.41. The van der Waals surface area contributed by atoms with E-state index < -0.39 is 0 Å². The fourth-order valence-electron chi connectivity index (χ4n) is 1.43. The Kier molecular flexibility index (Phi) is 4.19. The van der Waals surface area contributed by atoms with Crippen molar-refractivity contribution in [1.82, 2.24) is 9.55 Å². The van der Waals surface area contributed by atoms with Crippen LogP contribution in [0, 0.1) is 6.92 Å². The Hall–Kier alpha value is -1.21. The molecule has 0 amide bonds. The van der Waals surface area contributed by atoms with Crippen molar-refractivity contribution >= 4 is 36.3 Å². The molecule has 0 spiro atoms. The van der Waals surface area contributed by atoms with E-state index in [1.54, 1.807) is 18.0 Å². The molecule has 16 heavy (non-hydrogen) atoms. The largest absolute Gasteiger partial charge is 0.369 e. The Bertz CT molecular complexity index is 434. The standard InChI is InChI=1S/C8H12N6S.ClH/c1-5-6(4-11-13-7(9)10)14-2-3-15-8(14)12-5;/h4H,2-3H2,1H3,(H4,9,10,13);1H/b11-4+;. The number of hydrogen-bond donors (Lipinski definition) is 2. The van der Waals surface area contributed by atoms with Crippen molar-refractivity contribution in [3.63, 3.8) is 0 Å². The summed E-state index contributed by atoms with van der Waals surface area (Å²) in [5.41, 5.74) is 12.3. The van der Waals surface area contributed by atoms with Gasteiger partial charge in [-0.2, -0.15) is 5.10 Å². The van der Waals surface area contributed by atoms with Gasteiger partial charge in [-0.05, 0) is 6.92 Å². The first kappa shape index (κ1) is 12.9. The van der Waals surface area contributed by atoms with E-state index >= 15 is 0 Å². The molecule has 1 aromatic heterocycles. The van der Waals surface area contributed by atoms with E-state index in [4.69, 9.17) is 11.5 Å². The third-order valence-electron chi connectivity index (χ3n) is 2.06. The molecule has 0 radical (unpaired) electrons. The van der Waals surface area contributed by atoms with Gasteiger partial charge in [-0.3, -0.25) is 0 Å². The van der Waals surface area contributed by atoms with Gasteiger partial charge in [-0.15, -0.1) is 17.5 Å². The summed E-state index contributed by atoms with van der Waals surface area (Å²) in [5.74, 6) is 1.02. The van der Waals surface area contributed by atoms with Gasteiger partial charge >= 0.3 is 0 Å². The molecule has 0 saturated carbocycles. The van der Waals surface area contributed by atoms with Gasteiger partial charge in [0, 0.05) is 12.3 Å². The normalized spacial score (nSPS) is 13.6. The van der Waals surface area contributed by atoms with E-state index in [0.717, 1.165) is 28.8 Å². The minimum absolute atomic E-state index is 0. The van der Waals surface area contributed by atoms with E-state index in [1.807, 2.05) is 6.92 Å². The molecule has 0 fully saturated rings. The van der Waals surface area contributed by atoms with Crippen LogP contribution in [-0.4, -0.2) is 27.5 Å². The fourth-order valence-corrected chi connectivity index (χ4v) is 2.43. The summed E-state index contributed by atoms with van der Waals surface area (Å²) in [6.07, 6.45) is 1.64. The van der Waals surface area contributed by atoms with Gasteiger partial charge in [0.2, 0.25) is 5.96 Å². The number of fused-ring (bicyclic) bond motifs is 1. The minimum atomic E-state index is -0.0422. The molecule has 0 saturated heterocycles. The number of nitrogens with zero attached hydrogens (tertiary/aromatic N) is 4. The van der Waals surface area contributed by atoms with Crippen LogP contribution in [0.25, 0.3) is 0 Å². The van der Waals surface area contributed by atoms with Crippen LogP contribution in [0.3, 0.4) is 0 Å². The molecular formula is C8H13ClN6S. The zero-order valence-electron chi connectivity index (χ0n) is 8.75. The number of rotatable bonds is 2. The van der Waals surface area contributed by atoms with Gasteiger partial charge in [0.25, 0.3) is 0 Å². The van der Waals surface area contributed by atoms with E-state index in [-0.39, 0.29) is 18.4 Å². The van der Waals surface area contributed by atoms with Crippen molar-refractivity contribution in [3.8, 4) is 0 Å². The van der Waals surface area contributed by atoms with Crippen LogP contribution in [0.5, 0.6) is 0 Å². The van der Waals surface area contributed by atoms with Crippen molar-refractivity contribution in [2.45, 2.75) is 18.6 Å². The molecule has 0 atom stereocenters. The lowest BCUT2D eigenvalue weighted by Crippen LogP contribution is -2.21. The Labute approximate surface area is 104 Å². The van der Waals surface area contributed by atoms with Gasteiger partial charge in [-0.25, -0.2) is 4.98 Å². The second-order valence-corrected chi connectivity index (χ2v) is 4.20. The van der Waals surface area contributed by atoms with Crippen molar-refractivity contribution in [2.24, 2.45) is 21.7 Å². The molecule has 0 aromatic carbocycles. The highest BCUT2D eigenvalue weighted by Crippen LogP contribution is 2.26. The number of aryl methyl sites for hydroxylation is 1. The lowest BCUT2D eigenvalue weighted by molar-refractivity contribution is 0.715. The van der Waals surface area contributed by atoms with Crippen LogP contribution in [0.4, 0.5) is 0 Å². The molecule has 8 heteroatoms. The lowest BCUT2D eigenvalue weighted by Gasteiger charge is -1.97. The number of hydrogen-bond acceptors (Lipinski definition) is 4. The summed E-state index contributed by atoms with van der Waals surface area (Å²) < 4.78 is 2.12. The Balaban J connectivity index is 0.00000128. The summed E-state index contributed by atoms with van der Waals surface area (Å²) in [6.45, 7) is 2.91. The average molecular weight is 261 g/mol. The Morgan fingerprint density at radius 3 is 3.00 bits per heavy atom. The van der Waals surface area contributed by atoms with Crippen molar-refractivity contribution in [3.05, 3.63) is 11.4 Å². The zero-order valence-corrected chi connectivity index (χ0v) is 10.4. The molecule has 4 N–H and O–H groups in total. The molecule has 88 valence electrons. The van der Waals surface area contributed by atoms with Crippen LogP contribution < -0.4 is 11.5 Å². The van der Waals surface area contributed by atoms with E-state index in [2.05, 4.69) is 19.8 Å². The van der Waals surface area contributed by atoms with Crippen molar-refractivity contribution in [2.75, 3.05) is 5.75 Å². The Morgan fingerprint density at radius 1 is 1.56 bits per heavy atom. The number of thioether (sulfide) groups is 1. The number of halogens is 1. The van der Waals surface area contributed by atoms with E-state index in [0.29, 0.717) is 0 Å². The highest BCUT2D eigenvalue weighted by atomic mass is 35.5. The third-order valence-corrected chi connectivity index (χ3v) is 3.01. The minimum Gasteiger partial charge on any atom is -0.369 e. The van der Waals surface area contributed by atoms with Gasteiger partial charge < -0.3 is 16.0 Å².